The molecule has 0 spiro atoms. The average molecular weight is 200 g/mol. The van der Waals surface area contributed by atoms with Crippen LogP contribution in [0.15, 0.2) is 0 Å². The fourth-order valence-electron chi connectivity index (χ4n) is 1.46. The molecule has 0 atom stereocenters. The van der Waals surface area contributed by atoms with Gasteiger partial charge in [-0.05, 0) is 27.3 Å². The van der Waals surface area contributed by atoms with Gasteiger partial charge in [0.1, 0.15) is 0 Å². The normalized spacial score (nSPS) is 10.6. The number of nitrogens with one attached hydrogen (secondary N) is 1. The standard InChI is InChI=1S/C11H24N2O/c1-5-6-7-8-13(10(2)3)11(14)9-12-4/h10,12H,5-9H2,1-4H3. The SMILES string of the molecule is CCCCCN(C(=O)CNC)C(C)C. The van der Waals surface area contributed by atoms with E-state index in [4.69, 9.17) is 0 Å². The maximum absolute atomic E-state index is 11.6. The maximum Gasteiger partial charge on any atom is 0.236 e. The molecule has 0 aliphatic rings. The summed E-state index contributed by atoms with van der Waals surface area (Å²) in [6.07, 6.45) is 3.52. The molecular weight excluding hydrogens is 176 g/mol. The van der Waals surface area contributed by atoms with E-state index in [2.05, 4.69) is 26.1 Å². The summed E-state index contributed by atoms with van der Waals surface area (Å²) in [7, 11) is 1.81. The van der Waals surface area contributed by atoms with Crippen molar-refractivity contribution in [2.75, 3.05) is 20.1 Å². The highest BCUT2D eigenvalue weighted by Crippen LogP contribution is 2.03. The summed E-state index contributed by atoms with van der Waals surface area (Å²) < 4.78 is 0. The second-order valence-corrected chi connectivity index (χ2v) is 3.92. The maximum atomic E-state index is 11.6. The van der Waals surface area contributed by atoms with Gasteiger partial charge in [-0.1, -0.05) is 19.8 Å². The Morgan fingerprint density at radius 2 is 2.00 bits per heavy atom. The van der Waals surface area contributed by atoms with Gasteiger partial charge in [0.05, 0.1) is 6.54 Å². The van der Waals surface area contributed by atoms with Gasteiger partial charge in [0.15, 0.2) is 0 Å². The van der Waals surface area contributed by atoms with E-state index >= 15 is 0 Å². The predicted molar refractivity (Wildman–Crippen MR) is 60.3 cm³/mol. The molecule has 0 bridgehead atoms. The fourth-order valence-corrected chi connectivity index (χ4v) is 1.46. The molecule has 1 amide bonds. The molecule has 0 saturated carbocycles. The molecular formula is C11H24N2O. The molecule has 0 aromatic heterocycles. The summed E-state index contributed by atoms with van der Waals surface area (Å²) in [4.78, 5) is 13.6. The molecule has 0 radical (unpaired) electrons. The average Bonchev–Trinajstić information content (AvgIpc) is 2.12. The van der Waals surface area contributed by atoms with Gasteiger partial charge in [-0.3, -0.25) is 4.79 Å². The zero-order valence-electron chi connectivity index (χ0n) is 9.97. The van der Waals surface area contributed by atoms with E-state index in [9.17, 15) is 4.79 Å². The number of hydrogen-bond acceptors (Lipinski definition) is 2. The highest BCUT2D eigenvalue weighted by Gasteiger charge is 2.14. The van der Waals surface area contributed by atoms with Gasteiger partial charge in [0.2, 0.25) is 5.91 Å². The quantitative estimate of drug-likeness (QED) is 0.634. The molecule has 3 nitrogen and oxygen atoms in total. The Balaban J connectivity index is 3.95. The van der Waals surface area contributed by atoms with Crippen molar-refractivity contribution in [1.29, 1.82) is 0 Å². The number of amides is 1. The molecule has 1 N–H and O–H groups in total. The third-order valence-electron chi connectivity index (χ3n) is 2.27. The van der Waals surface area contributed by atoms with Gasteiger partial charge in [-0.25, -0.2) is 0 Å². The van der Waals surface area contributed by atoms with Gasteiger partial charge in [0, 0.05) is 12.6 Å². The first-order valence-corrected chi connectivity index (χ1v) is 5.57. The Bertz CT molecular complexity index is 157. The number of nitrogens with zero attached hydrogens (tertiary/aromatic N) is 1. The van der Waals surface area contributed by atoms with Gasteiger partial charge in [0.25, 0.3) is 0 Å². The Labute approximate surface area is 87.9 Å². The van der Waals surface area contributed by atoms with Crippen LogP contribution < -0.4 is 5.32 Å². The van der Waals surface area contributed by atoms with Crippen molar-refractivity contribution < 1.29 is 4.79 Å². The van der Waals surface area contributed by atoms with E-state index in [1.54, 1.807) is 0 Å². The molecule has 3 heteroatoms. The lowest BCUT2D eigenvalue weighted by atomic mass is 10.2. The van der Waals surface area contributed by atoms with E-state index in [0.29, 0.717) is 12.6 Å². The van der Waals surface area contributed by atoms with Crippen LogP contribution in [0.4, 0.5) is 0 Å². The van der Waals surface area contributed by atoms with Gasteiger partial charge in [-0.2, -0.15) is 0 Å². The molecule has 0 heterocycles. The minimum Gasteiger partial charge on any atom is -0.339 e. The molecule has 14 heavy (non-hydrogen) atoms. The minimum atomic E-state index is 0.207. The Morgan fingerprint density at radius 3 is 2.43 bits per heavy atom. The van der Waals surface area contributed by atoms with Crippen molar-refractivity contribution in [3.63, 3.8) is 0 Å². The van der Waals surface area contributed by atoms with E-state index in [1.165, 1.54) is 12.8 Å². The zero-order valence-corrected chi connectivity index (χ0v) is 9.97. The smallest absolute Gasteiger partial charge is 0.236 e. The molecule has 0 aliphatic carbocycles. The fraction of sp³-hybridized carbons (Fsp3) is 0.909. The van der Waals surface area contributed by atoms with Crippen LogP contribution in [0.3, 0.4) is 0 Å². The summed E-state index contributed by atoms with van der Waals surface area (Å²) in [5, 5.41) is 2.90. The van der Waals surface area contributed by atoms with Crippen LogP contribution in [0.5, 0.6) is 0 Å². The van der Waals surface area contributed by atoms with Crippen LogP contribution in [-0.4, -0.2) is 37.0 Å². The van der Waals surface area contributed by atoms with Crippen molar-refractivity contribution in [2.24, 2.45) is 0 Å². The van der Waals surface area contributed by atoms with E-state index in [-0.39, 0.29) is 5.91 Å². The number of carbonyl (C=O) groups excluding carboxylic acids is 1. The van der Waals surface area contributed by atoms with Gasteiger partial charge >= 0.3 is 0 Å². The molecule has 0 saturated heterocycles. The first kappa shape index (κ1) is 13.4. The minimum absolute atomic E-state index is 0.207. The zero-order chi connectivity index (χ0) is 11.0. The van der Waals surface area contributed by atoms with Crippen LogP contribution in [-0.2, 0) is 4.79 Å². The topological polar surface area (TPSA) is 32.3 Å². The van der Waals surface area contributed by atoms with Crippen LogP contribution in [0.1, 0.15) is 40.0 Å². The van der Waals surface area contributed by atoms with E-state index in [0.717, 1.165) is 13.0 Å². The lowest BCUT2D eigenvalue weighted by molar-refractivity contribution is -0.131. The molecule has 0 rings (SSSR count). The number of rotatable bonds is 7. The van der Waals surface area contributed by atoms with Crippen molar-refractivity contribution in [2.45, 2.75) is 46.1 Å². The summed E-state index contributed by atoms with van der Waals surface area (Å²) in [6.45, 7) is 7.66. The van der Waals surface area contributed by atoms with E-state index < -0.39 is 0 Å². The first-order valence-electron chi connectivity index (χ1n) is 5.57. The number of hydrogen-bond donors (Lipinski definition) is 1. The summed E-state index contributed by atoms with van der Waals surface area (Å²) in [6, 6.07) is 0.313. The van der Waals surface area contributed by atoms with Crippen LogP contribution >= 0.6 is 0 Å². The number of likely N-dealkylation sites (N-methyl/N-ethyl adjacent to an activating group) is 1. The molecule has 0 aromatic carbocycles. The van der Waals surface area contributed by atoms with Gasteiger partial charge in [-0.15, -0.1) is 0 Å². The molecule has 84 valence electrons. The molecule has 0 unspecified atom stereocenters. The molecule has 0 fully saturated rings. The Morgan fingerprint density at radius 1 is 1.36 bits per heavy atom. The lowest BCUT2D eigenvalue weighted by Gasteiger charge is -2.26. The molecule has 0 aromatic rings. The lowest BCUT2D eigenvalue weighted by Crippen LogP contribution is -2.42. The monoisotopic (exact) mass is 200 g/mol. The third kappa shape index (κ3) is 5.22. The van der Waals surface area contributed by atoms with Crippen LogP contribution in [0.2, 0.25) is 0 Å². The highest BCUT2D eigenvalue weighted by atomic mass is 16.2. The van der Waals surface area contributed by atoms with Gasteiger partial charge < -0.3 is 10.2 Å². The van der Waals surface area contributed by atoms with Crippen molar-refractivity contribution in [3.05, 3.63) is 0 Å². The number of carbonyl (C=O) groups is 1. The van der Waals surface area contributed by atoms with E-state index in [1.807, 2.05) is 11.9 Å². The van der Waals surface area contributed by atoms with Crippen LogP contribution in [0.25, 0.3) is 0 Å². The third-order valence-corrected chi connectivity index (χ3v) is 2.27. The summed E-state index contributed by atoms with van der Waals surface area (Å²) in [5.74, 6) is 0.207. The van der Waals surface area contributed by atoms with Crippen molar-refractivity contribution >= 4 is 5.91 Å². The second-order valence-electron chi connectivity index (χ2n) is 3.92. The van der Waals surface area contributed by atoms with Crippen LogP contribution in [0, 0.1) is 0 Å². The second kappa shape index (κ2) is 7.80. The number of unbranched alkanes of at least 4 members (excludes halogenated alkanes) is 2. The largest absolute Gasteiger partial charge is 0.339 e. The predicted octanol–water partition coefficient (Wildman–Crippen LogP) is 1.63. The highest BCUT2D eigenvalue weighted by molar-refractivity contribution is 5.78. The Kier molecular flexibility index (Phi) is 7.48. The summed E-state index contributed by atoms with van der Waals surface area (Å²) >= 11 is 0. The van der Waals surface area contributed by atoms with Crippen molar-refractivity contribution in [3.8, 4) is 0 Å². The first-order chi connectivity index (χ1) is 6.63. The molecule has 0 aliphatic heterocycles. The van der Waals surface area contributed by atoms with Crippen molar-refractivity contribution in [1.82, 2.24) is 10.2 Å². The Hall–Kier alpha value is -0.570. The summed E-state index contributed by atoms with van der Waals surface area (Å²) in [5.41, 5.74) is 0.